The van der Waals surface area contributed by atoms with Gasteiger partial charge in [0.1, 0.15) is 11.0 Å². The smallest absolute Gasteiger partial charge is 0.267 e. The molecule has 40 heavy (non-hydrogen) atoms. The first-order valence-corrected chi connectivity index (χ1v) is 14.1. The topological polar surface area (TPSA) is 141 Å². The number of sulfonamides is 1. The second kappa shape index (κ2) is 10.6. The van der Waals surface area contributed by atoms with Gasteiger partial charge < -0.3 is 14.2 Å². The van der Waals surface area contributed by atoms with Crippen LogP contribution in [0.25, 0.3) is 11.3 Å². The van der Waals surface area contributed by atoms with Crippen LogP contribution >= 0.6 is 0 Å². The quantitative estimate of drug-likeness (QED) is 0.361. The normalized spacial score (nSPS) is 15.3. The fraction of sp³-hybridized carbons (Fsp3) is 0.296. The summed E-state index contributed by atoms with van der Waals surface area (Å²) < 4.78 is 37.4. The van der Waals surface area contributed by atoms with E-state index in [-0.39, 0.29) is 34.3 Å². The van der Waals surface area contributed by atoms with E-state index in [1.165, 1.54) is 40.0 Å². The number of hydrogen-bond acceptors (Lipinski definition) is 8. The Morgan fingerprint density at radius 2 is 1.82 bits per heavy atom. The average molecular weight is 564 g/mol. The Morgan fingerprint density at radius 1 is 1.07 bits per heavy atom. The molecule has 1 aliphatic rings. The molecule has 1 amide bonds. The van der Waals surface area contributed by atoms with Gasteiger partial charge >= 0.3 is 0 Å². The lowest BCUT2D eigenvalue weighted by Crippen LogP contribution is -2.32. The predicted octanol–water partition coefficient (Wildman–Crippen LogP) is 2.29. The highest BCUT2D eigenvalue weighted by atomic mass is 32.2. The molecule has 4 heterocycles. The fourth-order valence-corrected chi connectivity index (χ4v) is 5.60. The Bertz CT molecular complexity index is 1740. The zero-order valence-electron chi connectivity index (χ0n) is 22.5. The van der Waals surface area contributed by atoms with Crippen LogP contribution in [0.2, 0.25) is 0 Å². The van der Waals surface area contributed by atoms with Crippen LogP contribution in [0.15, 0.2) is 64.7 Å². The first-order chi connectivity index (χ1) is 19.0. The number of ether oxygens (including phenoxy) is 1. The number of carbonyl (C=O) groups excluding carboxylic acids is 1. The summed E-state index contributed by atoms with van der Waals surface area (Å²) in [5, 5.41) is 3.93. The van der Waals surface area contributed by atoms with Gasteiger partial charge in [-0.1, -0.05) is 18.2 Å². The molecule has 3 aromatic heterocycles. The van der Waals surface area contributed by atoms with Crippen molar-refractivity contribution in [3.05, 3.63) is 82.0 Å². The summed E-state index contributed by atoms with van der Waals surface area (Å²) in [6, 6.07) is 10.4. The maximum absolute atomic E-state index is 13.0. The predicted molar refractivity (Wildman–Crippen MR) is 148 cm³/mol. The fourth-order valence-electron chi connectivity index (χ4n) is 4.68. The maximum atomic E-state index is 13.0. The molecular weight excluding hydrogens is 534 g/mol. The highest BCUT2D eigenvalue weighted by molar-refractivity contribution is 7.92. The third-order valence-corrected chi connectivity index (χ3v) is 7.99. The summed E-state index contributed by atoms with van der Waals surface area (Å²) in [4.78, 5) is 35.2. The Labute approximate surface area is 231 Å². The first-order valence-electron chi connectivity index (χ1n) is 12.6. The standard InChI is InChI=1S/C27H29N7O5S/c1-17-6-5-7-18(2)25(17)22-12-23(30-27(29-22)31-40(37,38)21-13-28-33(4)16-21)39-20-10-11-34(15-20)26(36)19-8-9-24(35)32(3)14-19/h5-9,12-14,16,20H,10-11,15H2,1-4H3,(H,29,30,31). The van der Waals surface area contributed by atoms with Gasteiger partial charge in [-0.05, 0) is 31.0 Å². The number of anilines is 1. The molecule has 1 aliphatic heterocycles. The van der Waals surface area contributed by atoms with E-state index >= 15 is 0 Å². The summed E-state index contributed by atoms with van der Waals surface area (Å²) in [5.74, 6) is -0.168. The van der Waals surface area contributed by atoms with E-state index in [2.05, 4.69) is 19.8 Å². The lowest BCUT2D eigenvalue weighted by molar-refractivity contribution is 0.0770. The number of aryl methyl sites for hydroxylation is 4. The second-order valence-electron chi connectivity index (χ2n) is 9.78. The summed E-state index contributed by atoms with van der Waals surface area (Å²) in [5.41, 5.74) is 3.48. The van der Waals surface area contributed by atoms with Crippen LogP contribution in [0.4, 0.5) is 5.95 Å². The van der Waals surface area contributed by atoms with E-state index in [0.717, 1.165) is 16.7 Å². The molecule has 1 atom stereocenters. The molecule has 1 unspecified atom stereocenters. The summed E-state index contributed by atoms with van der Waals surface area (Å²) >= 11 is 0. The number of nitrogens with one attached hydrogen (secondary N) is 1. The van der Waals surface area contributed by atoms with Crippen molar-refractivity contribution >= 4 is 21.9 Å². The monoisotopic (exact) mass is 563 g/mol. The lowest BCUT2D eigenvalue weighted by atomic mass is 10.00. The molecule has 0 spiro atoms. The lowest BCUT2D eigenvalue weighted by Gasteiger charge is -2.18. The summed E-state index contributed by atoms with van der Waals surface area (Å²) in [7, 11) is -0.786. The van der Waals surface area contributed by atoms with Gasteiger partial charge in [0.2, 0.25) is 17.4 Å². The van der Waals surface area contributed by atoms with Gasteiger partial charge in [-0.15, -0.1) is 0 Å². The highest BCUT2D eigenvalue weighted by Crippen LogP contribution is 2.30. The van der Waals surface area contributed by atoms with Crippen molar-refractivity contribution in [2.24, 2.45) is 14.1 Å². The number of likely N-dealkylation sites (tertiary alicyclic amines) is 1. The first kappa shape index (κ1) is 27.1. The van der Waals surface area contributed by atoms with Crippen molar-refractivity contribution in [3.63, 3.8) is 0 Å². The SMILES string of the molecule is Cc1cccc(C)c1-c1cc(OC2CCN(C(=O)c3ccc(=O)n(C)c3)C2)nc(NS(=O)(=O)c2cnn(C)c2)n1. The van der Waals surface area contributed by atoms with E-state index in [0.29, 0.717) is 30.8 Å². The number of hydrogen-bond donors (Lipinski definition) is 1. The van der Waals surface area contributed by atoms with Crippen molar-refractivity contribution in [1.82, 2.24) is 29.2 Å². The second-order valence-corrected chi connectivity index (χ2v) is 11.5. The van der Waals surface area contributed by atoms with Gasteiger partial charge in [0.05, 0.1) is 24.0 Å². The Kier molecular flexibility index (Phi) is 7.15. The highest BCUT2D eigenvalue weighted by Gasteiger charge is 2.29. The Balaban J connectivity index is 1.43. The molecule has 0 bridgehead atoms. The molecule has 13 heteroatoms. The van der Waals surface area contributed by atoms with E-state index in [9.17, 15) is 18.0 Å². The van der Waals surface area contributed by atoms with Crippen LogP contribution in [0, 0.1) is 13.8 Å². The van der Waals surface area contributed by atoms with E-state index in [1.54, 1.807) is 25.1 Å². The van der Waals surface area contributed by atoms with Crippen LogP contribution in [0.5, 0.6) is 5.88 Å². The van der Waals surface area contributed by atoms with Crippen molar-refractivity contribution in [3.8, 4) is 17.1 Å². The molecule has 1 fully saturated rings. The minimum absolute atomic E-state index is 0.0260. The van der Waals surface area contributed by atoms with Gasteiger partial charge in [0.15, 0.2) is 0 Å². The molecule has 0 radical (unpaired) electrons. The van der Waals surface area contributed by atoms with Crippen molar-refractivity contribution < 1.29 is 17.9 Å². The van der Waals surface area contributed by atoms with Crippen LogP contribution in [0.1, 0.15) is 27.9 Å². The van der Waals surface area contributed by atoms with Gasteiger partial charge in [0, 0.05) is 57.2 Å². The van der Waals surface area contributed by atoms with Crippen LogP contribution in [0.3, 0.4) is 0 Å². The van der Waals surface area contributed by atoms with Crippen molar-refractivity contribution in [1.29, 1.82) is 0 Å². The van der Waals surface area contributed by atoms with Crippen molar-refractivity contribution in [2.45, 2.75) is 31.3 Å². The van der Waals surface area contributed by atoms with Gasteiger partial charge in [0.25, 0.3) is 15.9 Å². The molecular formula is C27H29N7O5S. The van der Waals surface area contributed by atoms with Gasteiger partial charge in [-0.25, -0.2) is 18.1 Å². The minimum Gasteiger partial charge on any atom is -0.472 e. The molecule has 12 nitrogen and oxygen atoms in total. The molecule has 1 aromatic carbocycles. The molecule has 1 N–H and O–H groups in total. The van der Waals surface area contributed by atoms with Crippen LogP contribution in [-0.2, 0) is 24.1 Å². The number of nitrogens with zero attached hydrogens (tertiary/aromatic N) is 6. The Hall–Kier alpha value is -4.52. The number of aromatic nitrogens is 5. The molecule has 0 saturated carbocycles. The Morgan fingerprint density at radius 3 is 2.50 bits per heavy atom. The maximum Gasteiger partial charge on any atom is 0.267 e. The summed E-state index contributed by atoms with van der Waals surface area (Å²) in [6.45, 7) is 4.66. The number of benzene rings is 1. The van der Waals surface area contributed by atoms with Crippen LogP contribution < -0.4 is 15.0 Å². The zero-order chi connectivity index (χ0) is 28.6. The van der Waals surface area contributed by atoms with E-state index < -0.39 is 10.0 Å². The van der Waals surface area contributed by atoms with Gasteiger partial charge in [-0.2, -0.15) is 10.1 Å². The zero-order valence-corrected chi connectivity index (χ0v) is 23.3. The summed E-state index contributed by atoms with van der Waals surface area (Å²) in [6.07, 6.45) is 4.31. The van der Waals surface area contributed by atoms with Gasteiger partial charge in [-0.3, -0.25) is 14.3 Å². The third kappa shape index (κ3) is 5.59. The number of carbonyl (C=O) groups is 1. The minimum atomic E-state index is -4.00. The van der Waals surface area contributed by atoms with E-state index in [1.807, 2.05) is 32.0 Å². The molecule has 1 saturated heterocycles. The number of amides is 1. The molecule has 208 valence electrons. The van der Waals surface area contributed by atoms with Crippen molar-refractivity contribution in [2.75, 3.05) is 17.8 Å². The van der Waals surface area contributed by atoms with E-state index in [4.69, 9.17) is 4.74 Å². The number of pyridine rings is 1. The van der Waals surface area contributed by atoms with Crippen LogP contribution in [-0.4, -0.2) is 62.7 Å². The molecule has 5 rings (SSSR count). The average Bonchev–Trinajstić information content (AvgIpc) is 3.54. The largest absolute Gasteiger partial charge is 0.472 e. The molecule has 4 aromatic rings. The molecule has 0 aliphatic carbocycles. The third-order valence-electron chi connectivity index (χ3n) is 6.71. The number of rotatable bonds is 7.